The molecule has 0 rings (SSSR count). The molecule has 1 atom stereocenters. The Labute approximate surface area is 405 Å². The Hall–Kier alpha value is -1.05. The number of unbranched alkanes of at least 4 members (excludes halogenated alkanes) is 42. The Balaban J connectivity index is 4.11. The molecule has 0 aliphatic rings. The molecule has 0 bridgehead atoms. The van der Waals surface area contributed by atoms with Crippen LogP contribution in [-0.2, 0) is 9.53 Å². The fourth-order valence-corrected chi connectivity index (χ4v) is 9.61. The average Bonchev–Trinajstić information content (AvgIpc) is 3.29. The number of rotatable bonds is 55. The van der Waals surface area contributed by atoms with E-state index in [4.69, 9.17) is 4.74 Å². The quantitative estimate of drug-likeness (QED) is 0.0345. The van der Waals surface area contributed by atoms with Crippen LogP contribution in [0.25, 0.3) is 0 Å². The van der Waals surface area contributed by atoms with Crippen LogP contribution >= 0.6 is 0 Å². The number of ether oxygens (including phenoxy) is 1. The molecule has 2 heteroatoms. The Morgan fingerprint density at radius 2 is 0.547 bits per heavy atom. The maximum absolute atomic E-state index is 13.3. The van der Waals surface area contributed by atoms with Gasteiger partial charge in [-0.2, -0.15) is 0 Å². The van der Waals surface area contributed by atoms with Gasteiger partial charge in [-0.05, 0) is 76.5 Å². The molecule has 0 saturated heterocycles. The van der Waals surface area contributed by atoms with Crippen LogP contribution in [0.2, 0.25) is 0 Å². The zero-order chi connectivity index (χ0) is 46.3. The number of esters is 1. The fourth-order valence-electron chi connectivity index (χ4n) is 9.61. The van der Waals surface area contributed by atoms with Gasteiger partial charge in [-0.25, -0.2) is 0 Å². The monoisotopic (exact) mass is 897 g/mol. The maximum Gasteiger partial charge on any atom is 0.308 e. The molecule has 0 N–H and O–H groups in total. The van der Waals surface area contributed by atoms with Crippen LogP contribution < -0.4 is 0 Å². The van der Waals surface area contributed by atoms with E-state index in [0.717, 1.165) is 25.2 Å². The standard InChI is InChI=1S/C62H120O2/c1-5-7-9-11-13-15-17-19-21-23-25-26-28-30-35-39-43-47-51-55-59-64-62(63)61(58-54-50-46-42-38-34-31-32-36-40-44-48-52-56-60(3)4)57-53-49-45-41-37-33-29-27-24-22-20-18-16-14-12-10-8-6-2/h19-22,60-61H,5-18,23-59H2,1-4H3. The first-order chi connectivity index (χ1) is 31.6. The molecule has 0 saturated carbocycles. The van der Waals surface area contributed by atoms with E-state index in [9.17, 15) is 4.79 Å². The third kappa shape index (κ3) is 53.6. The second kappa shape index (κ2) is 56.3. The Kier molecular flexibility index (Phi) is 55.4. The molecule has 0 amide bonds. The molecular weight excluding hydrogens is 777 g/mol. The molecular formula is C62H120O2. The number of allylic oxidation sites excluding steroid dienone is 4. The summed E-state index contributed by atoms with van der Waals surface area (Å²) in [6.45, 7) is 9.92. The molecule has 2 nitrogen and oxygen atoms in total. The summed E-state index contributed by atoms with van der Waals surface area (Å²) in [5.74, 6) is 1.11. The first-order valence-corrected chi connectivity index (χ1v) is 30.1. The van der Waals surface area contributed by atoms with Crippen molar-refractivity contribution in [1.82, 2.24) is 0 Å². The molecule has 0 aromatic heterocycles. The molecule has 0 fully saturated rings. The molecule has 1 unspecified atom stereocenters. The van der Waals surface area contributed by atoms with E-state index in [-0.39, 0.29) is 11.9 Å². The Morgan fingerprint density at radius 3 is 0.828 bits per heavy atom. The predicted octanol–water partition coefficient (Wildman–Crippen LogP) is 22.5. The lowest BCUT2D eigenvalue weighted by atomic mass is 9.94. The normalized spacial score (nSPS) is 12.5. The van der Waals surface area contributed by atoms with E-state index in [1.165, 1.54) is 302 Å². The van der Waals surface area contributed by atoms with E-state index >= 15 is 0 Å². The molecule has 0 radical (unpaired) electrons. The van der Waals surface area contributed by atoms with Gasteiger partial charge in [0.05, 0.1) is 12.5 Å². The van der Waals surface area contributed by atoms with Gasteiger partial charge in [0, 0.05) is 0 Å². The average molecular weight is 898 g/mol. The second-order valence-electron chi connectivity index (χ2n) is 21.2. The topological polar surface area (TPSA) is 26.3 Å². The Morgan fingerprint density at radius 1 is 0.312 bits per heavy atom. The summed E-state index contributed by atoms with van der Waals surface area (Å²) >= 11 is 0. The van der Waals surface area contributed by atoms with Gasteiger partial charge in [0.25, 0.3) is 0 Å². The summed E-state index contributed by atoms with van der Waals surface area (Å²) in [4.78, 5) is 13.3. The molecule has 380 valence electrons. The van der Waals surface area contributed by atoms with Gasteiger partial charge in [-0.1, -0.05) is 302 Å². The van der Waals surface area contributed by atoms with Crippen molar-refractivity contribution in [2.45, 2.75) is 349 Å². The molecule has 0 aromatic rings. The minimum atomic E-state index is 0.120. The zero-order valence-corrected chi connectivity index (χ0v) is 44.8. The highest BCUT2D eigenvalue weighted by Crippen LogP contribution is 2.22. The molecule has 0 spiro atoms. The van der Waals surface area contributed by atoms with E-state index < -0.39 is 0 Å². The smallest absolute Gasteiger partial charge is 0.308 e. The fraction of sp³-hybridized carbons (Fsp3) is 0.919. The summed E-state index contributed by atoms with van der Waals surface area (Å²) < 4.78 is 5.96. The van der Waals surface area contributed by atoms with E-state index in [0.29, 0.717) is 6.61 Å². The lowest BCUT2D eigenvalue weighted by Gasteiger charge is -2.16. The van der Waals surface area contributed by atoms with Crippen molar-refractivity contribution in [3.05, 3.63) is 24.3 Å². The molecule has 0 aromatic carbocycles. The van der Waals surface area contributed by atoms with Crippen LogP contribution in [0.5, 0.6) is 0 Å². The third-order valence-corrected chi connectivity index (χ3v) is 14.1. The van der Waals surface area contributed by atoms with Gasteiger partial charge in [0.2, 0.25) is 0 Å². The van der Waals surface area contributed by atoms with E-state index in [1.807, 2.05) is 0 Å². The maximum atomic E-state index is 13.3. The lowest BCUT2D eigenvalue weighted by molar-refractivity contribution is -0.149. The van der Waals surface area contributed by atoms with Crippen molar-refractivity contribution in [3.8, 4) is 0 Å². The van der Waals surface area contributed by atoms with Gasteiger partial charge >= 0.3 is 5.97 Å². The van der Waals surface area contributed by atoms with Crippen LogP contribution in [0, 0.1) is 11.8 Å². The lowest BCUT2D eigenvalue weighted by Crippen LogP contribution is -2.18. The summed E-state index contributed by atoms with van der Waals surface area (Å²) in [6.07, 6.45) is 77.0. The van der Waals surface area contributed by atoms with Crippen molar-refractivity contribution in [3.63, 3.8) is 0 Å². The van der Waals surface area contributed by atoms with Crippen molar-refractivity contribution in [2.24, 2.45) is 11.8 Å². The minimum absolute atomic E-state index is 0.120. The van der Waals surface area contributed by atoms with Crippen LogP contribution in [0.15, 0.2) is 24.3 Å². The van der Waals surface area contributed by atoms with Gasteiger partial charge in [0.1, 0.15) is 0 Å². The first-order valence-electron chi connectivity index (χ1n) is 30.1. The summed E-state index contributed by atoms with van der Waals surface area (Å²) in [7, 11) is 0. The highest BCUT2D eigenvalue weighted by Gasteiger charge is 2.19. The Bertz CT molecular complexity index is 918. The minimum Gasteiger partial charge on any atom is -0.465 e. The molecule has 0 heterocycles. The summed E-state index contributed by atoms with van der Waals surface area (Å²) in [6, 6.07) is 0. The van der Waals surface area contributed by atoms with E-state index in [2.05, 4.69) is 52.0 Å². The number of hydrogen-bond acceptors (Lipinski definition) is 2. The van der Waals surface area contributed by atoms with Gasteiger partial charge in [0.15, 0.2) is 0 Å². The number of hydrogen-bond donors (Lipinski definition) is 0. The highest BCUT2D eigenvalue weighted by molar-refractivity contribution is 5.72. The number of carbonyl (C=O) groups excluding carboxylic acids is 1. The summed E-state index contributed by atoms with van der Waals surface area (Å²) in [5.41, 5.74) is 0. The molecule has 64 heavy (non-hydrogen) atoms. The van der Waals surface area contributed by atoms with Crippen LogP contribution in [0.3, 0.4) is 0 Å². The van der Waals surface area contributed by atoms with Crippen LogP contribution in [0.4, 0.5) is 0 Å². The molecule has 0 aliphatic heterocycles. The van der Waals surface area contributed by atoms with Crippen molar-refractivity contribution in [2.75, 3.05) is 6.61 Å². The SMILES string of the molecule is CCCCCCCCC=CCCCCCCCCCCCCOC(=O)C(CCCCCCCCCCC=CCCCCCCCC)CCCCCCCCCCCCCCCC(C)C. The number of carbonyl (C=O) groups is 1. The first kappa shape index (κ1) is 63.0. The van der Waals surface area contributed by atoms with Crippen LogP contribution in [0.1, 0.15) is 349 Å². The molecule has 0 aliphatic carbocycles. The van der Waals surface area contributed by atoms with Crippen molar-refractivity contribution >= 4 is 5.97 Å². The van der Waals surface area contributed by atoms with Gasteiger partial charge < -0.3 is 4.74 Å². The van der Waals surface area contributed by atoms with Crippen LogP contribution in [-0.4, -0.2) is 12.6 Å². The largest absolute Gasteiger partial charge is 0.465 e. The zero-order valence-electron chi connectivity index (χ0n) is 44.8. The van der Waals surface area contributed by atoms with Gasteiger partial charge in [-0.15, -0.1) is 0 Å². The van der Waals surface area contributed by atoms with E-state index in [1.54, 1.807) is 0 Å². The second-order valence-corrected chi connectivity index (χ2v) is 21.2. The van der Waals surface area contributed by atoms with Gasteiger partial charge in [-0.3, -0.25) is 4.79 Å². The highest BCUT2D eigenvalue weighted by atomic mass is 16.5. The predicted molar refractivity (Wildman–Crippen MR) is 290 cm³/mol. The summed E-state index contributed by atoms with van der Waals surface area (Å²) in [5, 5.41) is 0. The third-order valence-electron chi connectivity index (χ3n) is 14.1. The van der Waals surface area contributed by atoms with Crippen molar-refractivity contribution < 1.29 is 9.53 Å². The van der Waals surface area contributed by atoms with Crippen molar-refractivity contribution in [1.29, 1.82) is 0 Å².